The number of unbranched alkanes of at least 4 members (excludes halogenated alkanes) is 17. The van der Waals surface area contributed by atoms with Gasteiger partial charge in [0.1, 0.15) is 43.2 Å². The van der Waals surface area contributed by atoms with Gasteiger partial charge in [0, 0.05) is 12.8 Å². The van der Waals surface area contributed by atoms with Gasteiger partial charge in [-0.05, 0) is 77.0 Å². The van der Waals surface area contributed by atoms with Gasteiger partial charge in [-0.3, -0.25) is 18.6 Å². The molecule has 6 unspecified atom stereocenters. The van der Waals surface area contributed by atoms with Crippen molar-refractivity contribution in [2.24, 2.45) is 0 Å². The number of esters is 2. The first kappa shape index (κ1) is 58.6. The lowest BCUT2D eigenvalue weighted by Gasteiger charge is -2.41. The molecule has 6 N–H and O–H groups in total. The van der Waals surface area contributed by atoms with Crippen molar-refractivity contribution in [3.05, 3.63) is 60.8 Å². The number of phosphoric acid groups is 1. The maximum absolute atomic E-state index is 12.8. The lowest BCUT2D eigenvalue weighted by molar-refractivity contribution is -0.220. The van der Waals surface area contributed by atoms with E-state index in [1.54, 1.807) is 0 Å². The van der Waals surface area contributed by atoms with Crippen LogP contribution in [0.15, 0.2) is 60.8 Å². The molecule has 1 aliphatic carbocycles. The molecule has 0 aliphatic heterocycles. The molecule has 0 aromatic heterocycles. The van der Waals surface area contributed by atoms with E-state index in [4.69, 9.17) is 18.5 Å². The van der Waals surface area contributed by atoms with Crippen molar-refractivity contribution in [1.82, 2.24) is 0 Å². The number of rotatable bonds is 39. The van der Waals surface area contributed by atoms with Crippen LogP contribution in [0.2, 0.25) is 0 Å². The molecular weight excluding hydrogens is 827 g/mol. The van der Waals surface area contributed by atoms with Crippen LogP contribution < -0.4 is 0 Å². The first-order chi connectivity index (χ1) is 30.4. The number of hydrogen-bond acceptors (Lipinski definition) is 12. The molecule has 0 amide bonds. The van der Waals surface area contributed by atoms with Gasteiger partial charge in [0.15, 0.2) is 6.10 Å². The molecule has 14 heteroatoms. The smallest absolute Gasteiger partial charge is 0.462 e. The minimum atomic E-state index is -5.13. The number of aliphatic hydroxyl groups is 5. The van der Waals surface area contributed by atoms with Gasteiger partial charge >= 0.3 is 19.8 Å². The van der Waals surface area contributed by atoms with E-state index < -0.39 is 75.7 Å². The van der Waals surface area contributed by atoms with Gasteiger partial charge in [0.25, 0.3) is 0 Å². The number of carbonyl (C=O) groups excluding carboxylic acids is 2. The van der Waals surface area contributed by atoms with Crippen LogP contribution in [-0.4, -0.2) is 98.3 Å². The van der Waals surface area contributed by atoms with Gasteiger partial charge < -0.3 is 39.9 Å². The number of carbonyl (C=O) groups is 2. The monoisotopic (exact) mass is 913 g/mol. The predicted molar refractivity (Wildman–Crippen MR) is 249 cm³/mol. The molecule has 13 nitrogen and oxygen atoms in total. The van der Waals surface area contributed by atoms with Crippen LogP contribution in [0.4, 0.5) is 0 Å². The Bertz CT molecular complexity index is 1330. The molecule has 0 aromatic carbocycles. The number of ether oxygens (including phenoxy) is 2. The third kappa shape index (κ3) is 31.2. The summed E-state index contributed by atoms with van der Waals surface area (Å²) in [6.07, 6.45) is 34.2. The average Bonchev–Trinajstić information content (AvgIpc) is 3.26. The van der Waals surface area contributed by atoms with E-state index in [1.165, 1.54) is 70.6 Å². The number of allylic oxidation sites excluding steroid dienone is 10. The van der Waals surface area contributed by atoms with Gasteiger partial charge in [-0.1, -0.05) is 152 Å². The molecule has 0 bridgehead atoms. The Morgan fingerprint density at radius 2 is 0.873 bits per heavy atom. The quantitative estimate of drug-likeness (QED) is 0.0147. The first-order valence-electron chi connectivity index (χ1n) is 24.1. The van der Waals surface area contributed by atoms with Crippen LogP contribution in [0, 0.1) is 0 Å². The van der Waals surface area contributed by atoms with E-state index in [9.17, 15) is 44.6 Å². The molecule has 364 valence electrons. The van der Waals surface area contributed by atoms with Crippen molar-refractivity contribution in [3.8, 4) is 0 Å². The van der Waals surface area contributed by atoms with Crippen LogP contribution in [0.5, 0.6) is 0 Å². The summed E-state index contributed by atoms with van der Waals surface area (Å²) in [5.74, 6) is -1.17. The number of phosphoric ester groups is 1. The Balaban J connectivity index is 2.49. The van der Waals surface area contributed by atoms with Crippen LogP contribution >= 0.6 is 7.82 Å². The van der Waals surface area contributed by atoms with E-state index in [-0.39, 0.29) is 12.8 Å². The molecule has 0 saturated heterocycles. The summed E-state index contributed by atoms with van der Waals surface area (Å²) >= 11 is 0. The summed E-state index contributed by atoms with van der Waals surface area (Å²) in [6.45, 7) is 3.22. The predicted octanol–water partition coefficient (Wildman–Crippen LogP) is 9.73. The Kier molecular flexibility index (Phi) is 36.1. The summed E-state index contributed by atoms with van der Waals surface area (Å²) in [6, 6.07) is 0. The summed E-state index contributed by atoms with van der Waals surface area (Å²) < 4.78 is 33.5. The van der Waals surface area contributed by atoms with E-state index in [2.05, 4.69) is 62.5 Å². The molecule has 63 heavy (non-hydrogen) atoms. The Hall–Kier alpha value is -2.45. The van der Waals surface area contributed by atoms with E-state index in [0.29, 0.717) is 19.3 Å². The van der Waals surface area contributed by atoms with Crippen LogP contribution in [0.3, 0.4) is 0 Å². The third-order valence-corrected chi connectivity index (χ3v) is 11.8. The highest BCUT2D eigenvalue weighted by Gasteiger charge is 2.51. The van der Waals surface area contributed by atoms with Crippen molar-refractivity contribution in [1.29, 1.82) is 0 Å². The highest BCUT2D eigenvalue weighted by molar-refractivity contribution is 7.47. The van der Waals surface area contributed by atoms with Crippen molar-refractivity contribution < 1.29 is 63.1 Å². The zero-order chi connectivity index (χ0) is 46.4. The van der Waals surface area contributed by atoms with Crippen LogP contribution in [-0.2, 0) is 32.7 Å². The van der Waals surface area contributed by atoms with Crippen LogP contribution in [0.25, 0.3) is 0 Å². The Morgan fingerprint density at radius 3 is 1.40 bits per heavy atom. The summed E-state index contributed by atoms with van der Waals surface area (Å²) in [4.78, 5) is 35.7. The summed E-state index contributed by atoms with van der Waals surface area (Å²) in [5.41, 5.74) is 0. The maximum atomic E-state index is 12.8. The zero-order valence-corrected chi connectivity index (χ0v) is 39.5. The molecule has 0 heterocycles. The first-order valence-corrected chi connectivity index (χ1v) is 25.6. The van der Waals surface area contributed by atoms with Crippen molar-refractivity contribution in [2.75, 3.05) is 13.2 Å². The molecule has 0 aromatic rings. The van der Waals surface area contributed by atoms with Gasteiger partial charge in [0.05, 0.1) is 6.61 Å². The normalized spacial score (nSPS) is 22.2. The van der Waals surface area contributed by atoms with E-state index in [0.717, 1.165) is 64.2 Å². The highest BCUT2D eigenvalue weighted by atomic mass is 31.2. The molecule has 8 atom stereocenters. The minimum Gasteiger partial charge on any atom is -0.462 e. The molecular formula is C49H85O13P. The third-order valence-electron chi connectivity index (χ3n) is 10.8. The molecule has 1 aliphatic rings. The van der Waals surface area contributed by atoms with Gasteiger partial charge in [0.2, 0.25) is 0 Å². The van der Waals surface area contributed by atoms with Gasteiger partial charge in [-0.2, -0.15) is 0 Å². The Morgan fingerprint density at radius 1 is 0.492 bits per heavy atom. The lowest BCUT2D eigenvalue weighted by atomic mass is 9.85. The fraction of sp³-hybridized carbons (Fsp3) is 0.755. The fourth-order valence-corrected chi connectivity index (χ4v) is 7.89. The number of hydrogen-bond donors (Lipinski definition) is 6. The lowest BCUT2D eigenvalue weighted by Crippen LogP contribution is -2.64. The van der Waals surface area contributed by atoms with Crippen molar-refractivity contribution >= 4 is 19.8 Å². The van der Waals surface area contributed by atoms with Crippen LogP contribution in [0.1, 0.15) is 181 Å². The standard InChI is InChI=1S/C49H85O13P/c1-3-5-7-9-11-13-15-17-19-21-23-25-27-29-31-33-35-37-42(50)59-39-41(40-60-63(57,58)62-49-47(55)45(53)44(52)46(54)48(49)56)61-43(51)38-36-34-32-30-28-26-24-22-20-18-16-14-12-10-8-6-4-2/h11,13,17-20,23,25,29,31,41,44-49,52-56H,3-10,12,14-16,21-22,24,26-28,30,32-40H2,1-2H3,(H,57,58)/b13-11+,19-17+,20-18+,25-23+,31-29+/t41-,44?,45-,46?,47?,48?,49?/m0/s1. The zero-order valence-electron chi connectivity index (χ0n) is 38.6. The topological polar surface area (TPSA) is 210 Å². The van der Waals surface area contributed by atoms with Crippen molar-refractivity contribution in [2.45, 2.75) is 224 Å². The molecule has 1 saturated carbocycles. The maximum Gasteiger partial charge on any atom is 0.472 e. The molecule has 0 radical (unpaired) electrons. The summed E-state index contributed by atoms with van der Waals surface area (Å²) in [5, 5.41) is 50.2. The molecule has 1 fully saturated rings. The van der Waals surface area contributed by atoms with Gasteiger partial charge in [-0.25, -0.2) is 4.57 Å². The molecule has 1 rings (SSSR count). The second kappa shape index (κ2) is 38.8. The second-order valence-corrected chi connectivity index (χ2v) is 18.0. The Labute approximate surface area is 379 Å². The SMILES string of the molecule is CCCCC/C=C/C/C=C/C/C=C/C/C=C/CCCC(=O)OC[C@@H](COP(=O)(O)OC1C(O)C(O)C(O)[C@H](O)C1O)OC(=O)CCCCCCCCC/C=C/CCCCCCCC. The fourth-order valence-electron chi connectivity index (χ4n) is 6.92. The largest absolute Gasteiger partial charge is 0.472 e. The molecule has 0 spiro atoms. The second-order valence-electron chi connectivity index (χ2n) is 16.6. The van der Waals surface area contributed by atoms with Gasteiger partial charge in [-0.15, -0.1) is 0 Å². The highest BCUT2D eigenvalue weighted by Crippen LogP contribution is 2.47. The van der Waals surface area contributed by atoms with Crippen molar-refractivity contribution in [3.63, 3.8) is 0 Å². The minimum absolute atomic E-state index is 0.0781. The number of aliphatic hydroxyl groups excluding tert-OH is 5. The summed E-state index contributed by atoms with van der Waals surface area (Å²) in [7, 11) is -5.13. The van der Waals surface area contributed by atoms with E-state index in [1.807, 2.05) is 12.2 Å². The average molecular weight is 913 g/mol. The van der Waals surface area contributed by atoms with E-state index >= 15 is 0 Å².